The quantitative estimate of drug-likeness (QED) is 0.612. The Bertz CT molecular complexity index is 711. The third kappa shape index (κ3) is 2.25. The largest absolute Gasteiger partial charge is 0.334 e. The van der Waals surface area contributed by atoms with E-state index in [1.165, 1.54) is 29.2 Å². The number of benzene rings is 1. The Morgan fingerprint density at radius 2 is 1.50 bits per heavy atom. The van der Waals surface area contributed by atoms with Gasteiger partial charge in [-0.05, 0) is 37.1 Å². The fraction of sp³-hybridized carbons (Fsp3) is 0.389. The van der Waals surface area contributed by atoms with Crippen molar-refractivity contribution in [2.75, 3.05) is 13.1 Å². The van der Waals surface area contributed by atoms with Gasteiger partial charge in [0.25, 0.3) is 5.91 Å². The van der Waals surface area contributed by atoms with Gasteiger partial charge in [0.05, 0.1) is 17.9 Å². The van der Waals surface area contributed by atoms with Crippen LogP contribution in [0.2, 0.25) is 0 Å². The van der Waals surface area contributed by atoms with Crippen molar-refractivity contribution in [2.45, 2.75) is 18.9 Å². The maximum atomic E-state index is 12.9. The molecule has 6 heteroatoms. The van der Waals surface area contributed by atoms with Crippen molar-refractivity contribution >= 4 is 17.7 Å². The van der Waals surface area contributed by atoms with E-state index >= 15 is 0 Å². The molecule has 0 N–H and O–H groups in total. The molecular weight excluding hydrogens is 311 g/mol. The van der Waals surface area contributed by atoms with Crippen LogP contribution in [0.5, 0.6) is 0 Å². The van der Waals surface area contributed by atoms with Gasteiger partial charge in [0, 0.05) is 18.7 Å². The Labute approximate surface area is 138 Å². The number of hydrogen-bond donors (Lipinski definition) is 0. The van der Waals surface area contributed by atoms with E-state index in [1.807, 2.05) is 12.2 Å². The van der Waals surface area contributed by atoms with Gasteiger partial charge in [-0.25, -0.2) is 4.39 Å². The maximum absolute atomic E-state index is 12.9. The van der Waals surface area contributed by atoms with Crippen molar-refractivity contribution in [3.05, 3.63) is 47.8 Å². The Morgan fingerprint density at radius 3 is 2.04 bits per heavy atom. The van der Waals surface area contributed by atoms with Crippen LogP contribution in [0.4, 0.5) is 4.39 Å². The molecule has 124 valence electrons. The molecule has 0 aromatic heterocycles. The Balaban J connectivity index is 1.42. The summed E-state index contributed by atoms with van der Waals surface area (Å²) in [7, 11) is 0. The molecule has 1 aliphatic carbocycles. The van der Waals surface area contributed by atoms with Gasteiger partial charge in [-0.15, -0.1) is 0 Å². The molecule has 0 spiro atoms. The third-order valence-corrected chi connectivity index (χ3v) is 5.15. The highest BCUT2D eigenvalue weighted by Crippen LogP contribution is 2.37. The number of allylic oxidation sites excluding steroid dienone is 2. The fourth-order valence-electron chi connectivity index (χ4n) is 3.75. The molecule has 2 saturated heterocycles. The van der Waals surface area contributed by atoms with E-state index in [2.05, 4.69) is 0 Å². The topological polar surface area (TPSA) is 57.7 Å². The van der Waals surface area contributed by atoms with Crippen molar-refractivity contribution < 1.29 is 18.8 Å². The molecule has 4 rings (SSSR count). The maximum Gasteiger partial charge on any atom is 0.254 e. The van der Waals surface area contributed by atoms with E-state index in [0.29, 0.717) is 31.5 Å². The van der Waals surface area contributed by atoms with Crippen LogP contribution in [0.25, 0.3) is 0 Å². The zero-order chi connectivity index (χ0) is 16.8. The fourth-order valence-corrected chi connectivity index (χ4v) is 3.75. The molecule has 1 aromatic carbocycles. The number of halogens is 1. The lowest BCUT2D eigenvalue weighted by atomic mass is 9.85. The zero-order valence-corrected chi connectivity index (χ0v) is 13.0. The minimum atomic E-state index is -0.391. The molecule has 2 atom stereocenters. The lowest BCUT2D eigenvalue weighted by Gasteiger charge is -2.43. The second kappa shape index (κ2) is 5.54. The van der Waals surface area contributed by atoms with Crippen LogP contribution in [0.1, 0.15) is 23.2 Å². The molecule has 5 nitrogen and oxygen atoms in total. The summed E-state index contributed by atoms with van der Waals surface area (Å²) < 4.78 is 12.9. The summed E-state index contributed by atoms with van der Waals surface area (Å²) in [6.45, 7) is 0.696. The zero-order valence-electron chi connectivity index (χ0n) is 13.0. The third-order valence-electron chi connectivity index (χ3n) is 5.15. The Morgan fingerprint density at radius 1 is 0.958 bits per heavy atom. The van der Waals surface area contributed by atoms with Crippen LogP contribution in [0, 0.1) is 17.7 Å². The predicted molar refractivity (Wildman–Crippen MR) is 83.3 cm³/mol. The van der Waals surface area contributed by atoms with Crippen LogP contribution in [0.15, 0.2) is 36.4 Å². The lowest BCUT2D eigenvalue weighted by Crippen LogP contribution is -2.62. The van der Waals surface area contributed by atoms with Crippen molar-refractivity contribution in [2.24, 2.45) is 11.8 Å². The summed E-state index contributed by atoms with van der Waals surface area (Å²) in [5.74, 6) is -1.27. The van der Waals surface area contributed by atoms with Crippen LogP contribution in [0.3, 0.4) is 0 Å². The summed E-state index contributed by atoms with van der Waals surface area (Å²) in [5.41, 5.74) is 0.409. The summed E-state index contributed by atoms with van der Waals surface area (Å²) in [5, 5.41) is 0. The summed E-state index contributed by atoms with van der Waals surface area (Å²) in [4.78, 5) is 40.3. The van der Waals surface area contributed by atoms with Crippen LogP contribution in [-0.2, 0) is 9.59 Å². The van der Waals surface area contributed by atoms with Crippen LogP contribution < -0.4 is 0 Å². The summed E-state index contributed by atoms with van der Waals surface area (Å²) in [6.07, 6.45) is 5.16. The van der Waals surface area contributed by atoms with Gasteiger partial charge in [0.15, 0.2) is 0 Å². The van der Waals surface area contributed by atoms with E-state index in [0.717, 1.165) is 0 Å². The number of carbonyl (C=O) groups is 3. The number of rotatable bonds is 2. The van der Waals surface area contributed by atoms with Crippen molar-refractivity contribution in [1.29, 1.82) is 0 Å². The molecule has 24 heavy (non-hydrogen) atoms. The molecule has 2 heterocycles. The minimum absolute atomic E-state index is 0.103. The monoisotopic (exact) mass is 328 g/mol. The van der Waals surface area contributed by atoms with E-state index in [-0.39, 0.29) is 35.6 Å². The van der Waals surface area contributed by atoms with Gasteiger partial charge in [0.2, 0.25) is 11.8 Å². The Kier molecular flexibility index (Phi) is 3.48. The standard InChI is InChI=1S/C18H17FN2O3/c19-12-7-5-11(6-8-12)16(22)20-9-13(10-20)21-17(23)14-3-1-2-4-15(14)18(21)24/h1-2,5-8,13-15H,3-4,9-10H2. The second-order valence-electron chi connectivity index (χ2n) is 6.57. The SMILES string of the molecule is O=C(c1ccc(F)cc1)N1CC(N2C(=O)C3CC=CCC3C2=O)C1. The van der Waals surface area contributed by atoms with Gasteiger partial charge in [-0.3, -0.25) is 19.3 Å². The molecule has 3 aliphatic rings. The smallest absolute Gasteiger partial charge is 0.254 e. The van der Waals surface area contributed by atoms with E-state index in [4.69, 9.17) is 0 Å². The summed E-state index contributed by atoms with van der Waals surface area (Å²) in [6, 6.07) is 5.14. The molecule has 0 radical (unpaired) electrons. The van der Waals surface area contributed by atoms with Gasteiger partial charge in [-0.1, -0.05) is 12.2 Å². The average molecular weight is 328 g/mol. The first kappa shape index (κ1) is 15.1. The van der Waals surface area contributed by atoms with Gasteiger partial charge < -0.3 is 4.90 Å². The van der Waals surface area contributed by atoms with Gasteiger partial charge in [-0.2, -0.15) is 0 Å². The lowest BCUT2D eigenvalue weighted by molar-refractivity contribution is -0.145. The first-order chi connectivity index (χ1) is 11.6. The summed E-state index contributed by atoms with van der Waals surface area (Å²) >= 11 is 0. The number of nitrogens with zero attached hydrogens (tertiary/aromatic N) is 2. The first-order valence-electron chi connectivity index (χ1n) is 8.13. The van der Waals surface area contributed by atoms with Crippen LogP contribution >= 0.6 is 0 Å². The van der Waals surface area contributed by atoms with Crippen molar-refractivity contribution in [3.8, 4) is 0 Å². The average Bonchev–Trinajstić information content (AvgIpc) is 2.80. The molecule has 1 aromatic rings. The normalized spacial score (nSPS) is 26.5. The Hall–Kier alpha value is -2.50. The highest BCUT2D eigenvalue weighted by molar-refractivity contribution is 6.06. The molecule has 2 aliphatic heterocycles. The van der Waals surface area contributed by atoms with Crippen molar-refractivity contribution in [3.63, 3.8) is 0 Å². The second-order valence-corrected chi connectivity index (χ2v) is 6.57. The number of carbonyl (C=O) groups excluding carboxylic acids is 3. The molecule has 0 bridgehead atoms. The number of likely N-dealkylation sites (tertiary alicyclic amines) is 2. The minimum Gasteiger partial charge on any atom is -0.334 e. The van der Waals surface area contributed by atoms with E-state index < -0.39 is 5.82 Å². The van der Waals surface area contributed by atoms with Gasteiger partial charge >= 0.3 is 0 Å². The molecule has 2 unspecified atom stereocenters. The number of imide groups is 1. The predicted octanol–water partition coefficient (Wildman–Crippen LogP) is 1.60. The van der Waals surface area contributed by atoms with Gasteiger partial charge in [0.1, 0.15) is 5.82 Å². The van der Waals surface area contributed by atoms with Crippen molar-refractivity contribution in [1.82, 2.24) is 9.80 Å². The first-order valence-corrected chi connectivity index (χ1v) is 8.13. The van der Waals surface area contributed by atoms with E-state index in [9.17, 15) is 18.8 Å². The highest BCUT2D eigenvalue weighted by Gasteiger charge is 2.52. The number of hydrogen-bond acceptors (Lipinski definition) is 3. The molecule has 3 amide bonds. The molecule has 0 saturated carbocycles. The highest BCUT2D eigenvalue weighted by atomic mass is 19.1. The van der Waals surface area contributed by atoms with E-state index in [1.54, 1.807) is 4.90 Å². The number of fused-ring (bicyclic) bond motifs is 1. The number of amides is 3. The molecular formula is C18H17FN2O3. The molecule has 2 fully saturated rings. The van der Waals surface area contributed by atoms with Crippen LogP contribution in [-0.4, -0.2) is 46.7 Å².